The number of benzene rings is 3. The number of hydrogen-bond acceptors (Lipinski definition) is 6. The van der Waals surface area contributed by atoms with E-state index in [0.29, 0.717) is 42.0 Å². The first-order chi connectivity index (χ1) is 21.4. The number of anilines is 3. The molecule has 0 unspecified atom stereocenters. The van der Waals surface area contributed by atoms with Gasteiger partial charge in [0.05, 0.1) is 17.8 Å². The second kappa shape index (κ2) is 12.3. The smallest absolute Gasteiger partial charge is 0.268 e. The van der Waals surface area contributed by atoms with Gasteiger partial charge >= 0.3 is 0 Å². The highest BCUT2D eigenvalue weighted by atomic mass is 16.3. The first kappa shape index (κ1) is 29.0. The number of carbonyl (C=O) groups is 2. The highest BCUT2D eigenvalue weighted by Gasteiger charge is 2.53. The zero-order valence-electron chi connectivity index (χ0n) is 24.4. The van der Waals surface area contributed by atoms with E-state index in [1.54, 1.807) is 29.1 Å². The van der Waals surface area contributed by atoms with Crippen LogP contribution in [0.3, 0.4) is 0 Å². The maximum absolute atomic E-state index is 14.0. The molecule has 3 heterocycles. The van der Waals surface area contributed by atoms with Crippen LogP contribution in [0.25, 0.3) is 10.9 Å². The number of aromatic amines is 1. The van der Waals surface area contributed by atoms with E-state index in [9.17, 15) is 14.7 Å². The Hall–Kier alpha value is -5.06. The molecule has 2 atom stereocenters. The van der Waals surface area contributed by atoms with E-state index >= 15 is 0 Å². The fourth-order valence-corrected chi connectivity index (χ4v) is 5.76. The first-order valence-electron chi connectivity index (χ1n) is 14.7. The molecule has 224 valence electrons. The second-order valence-corrected chi connectivity index (χ2v) is 11.0. The summed E-state index contributed by atoms with van der Waals surface area (Å²) >= 11 is 0. The number of nitrogens with zero attached hydrogens (tertiary/aromatic N) is 4. The number of H-pyrrole nitrogens is 1. The van der Waals surface area contributed by atoms with Gasteiger partial charge in [0.1, 0.15) is 0 Å². The number of para-hydroxylation sites is 2. The van der Waals surface area contributed by atoms with Crippen molar-refractivity contribution in [2.75, 3.05) is 16.8 Å². The molecule has 4 N–H and O–H groups in total. The van der Waals surface area contributed by atoms with Crippen LogP contribution in [0.1, 0.15) is 30.2 Å². The van der Waals surface area contributed by atoms with Crippen molar-refractivity contribution in [3.05, 3.63) is 114 Å². The molecule has 0 bridgehead atoms. The third-order valence-electron chi connectivity index (χ3n) is 8.06. The van der Waals surface area contributed by atoms with Gasteiger partial charge in [-0.05, 0) is 48.4 Å². The van der Waals surface area contributed by atoms with Crippen LogP contribution in [-0.2, 0) is 34.6 Å². The van der Waals surface area contributed by atoms with Crippen LogP contribution in [0.4, 0.5) is 17.1 Å². The molecule has 6 rings (SSSR count). The summed E-state index contributed by atoms with van der Waals surface area (Å²) < 4.78 is 1.70. The molecule has 0 aliphatic carbocycles. The molecule has 5 aromatic rings. The number of aromatic nitrogens is 4. The lowest BCUT2D eigenvalue weighted by Gasteiger charge is -2.27. The molecular weight excluding hydrogens is 556 g/mol. The number of nitrogens with one attached hydrogen (secondary N) is 2. The molecule has 44 heavy (non-hydrogen) atoms. The molecule has 1 aliphatic heterocycles. The van der Waals surface area contributed by atoms with Gasteiger partial charge in [-0.2, -0.15) is 0 Å². The maximum Gasteiger partial charge on any atom is 0.268 e. The Bertz CT molecular complexity index is 1830. The molecule has 0 fully saturated rings. The lowest BCUT2D eigenvalue weighted by Crippen LogP contribution is -2.42. The Morgan fingerprint density at radius 1 is 1.11 bits per heavy atom. The quantitative estimate of drug-likeness (QED) is 0.166. The van der Waals surface area contributed by atoms with Crippen LogP contribution in [0, 0.1) is 5.92 Å². The topological polar surface area (TPSA) is 136 Å². The van der Waals surface area contributed by atoms with Gasteiger partial charge in [-0.15, -0.1) is 5.10 Å². The molecule has 1 aliphatic rings. The molecule has 0 saturated carbocycles. The largest absolute Gasteiger partial charge is 0.396 e. The maximum atomic E-state index is 14.0. The number of allylic oxidation sites excluding steroid dienone is 1. The van der Waals surface area contributed by atoms with Crippen LogP contribution in [0.2, 0.25) is 0 Å². The lowest BCUT2D eigenvalue weighted by molar-refractivity contribution is -0.138. The van der Waals surface area contributed by atoms with Gasteiger partial charge in [0.15, 0.2) is 5.60 Å². The molecule has 0 spiro atoms. The van der Waals surface area contributed by atoms with E-state index in [1.807, 2.05) is 79.9 Å². The van der Waals surface area contributed by atoms with E-state index in [0.717, 1.165) is 22.2 Å². The summed E-state index contributed by atoms with van der Waals surface area (Å²) in [6, 6.07) is 22.3. The van der Waals surface area contributed by atoms with Crippen molar-refractivity contribution in [2.24, 2.45) is 5.92 Å². The van der Waals surface area contributed by atoms with Crippen molar-refractivity contribution < 1.29 is 19.8 Å². The summed E-state index contributed by atoms with van der Waals surface area (Å²) in [6.45, 7) is 2.39. The normalized spacial score (nSPS) is 17.0. The molecule has 3 aromatic carbocycles. The third-order valence-corrected chi connectivity index (χ3v) is 8.06. The summed E-state index contributed by atoms with van der Waals surface area (Å²) in [5.41, 5.74) is 2.85. The molecular formula is C34H34N6O4. The molecule has 10 heteroatoms. The van der Waals surface area contributed by atoms with Crippen molar-refractivity contribution in [1.29, 1.82) is 0 Å². The van der Waals surface area contributed by atoms with Crippen LogP contribution < -0.4 is 10.2 Å². The molecule has 2 aromatic heterocycles. The second-order valence-electron chi connectivity index (χ2n) is 11.0. The van der Waals surface area contributed by atoms with Gasteiger partial charge in [-0.25, -0.2) is 0 Å². The number of rotatable bonds is 11. The molecule has 0 radical (unpaired) electrons. The number of amides is 2. The van der Waals surface area contributed by atoms with Crippen molar-refractivity contribution in [3.63, 3.8) is 0 Å². The fourth-order valence-electron chi connectivity index (χ4n) is 5.76. The lowest BCUT2D eigenvalue weighted by atomic mass is 9.82. The summed E-state index contributed by atoms with van der Waals surface area (Å²) in [5.74, 6) is -1.24. The number of carbonyl (C=O) groups excluding carboxylic acids is 2. The van der Waals surface area contributed by atoms with E-state index in [2.05, 4.69) is 20.6 Å². The van der Waals surface area contributed by atoms with Gasteiger partial charge in [0.25, 0.3) is 5.91 Å². The predicted octanol–water partition coefficient (Wildman–Crippen LogP) is 4.62. The minimum atomic E-state index is -1.86. The van der Waals surface area contributed by atoms with Gasteiger partial charge < -0.3 is 20.5 Å². The minimum absolute atomic E-state index is 0.0136. The molecule has 0 saturated heterocycles. The van der Waals surface area contributed by atoms with Gasteiger partial charge in [0, 0.05) is 65.7 Å². The Labute approximate surface area is 254 Å². The SMILES string of the molecule is C[C@H](/C=C/CCn1cc(CCO)nn1)[C@@]1(O)C(=O)N(c2ccccc2)c2ccc(NC(=O)Cc3c[nH]c4ccccc34)cc21. The van der Waals surface area contributed by atoms with Crippen LogP contribution in [0.15, 0.2) is 97.3 Å². The van der Waals surface area contributed by atoms with Crippen LogP contribution in [-0.4, -0.2) is 48.6 Å². The monoisotopic (exact) mass is 590 g/mol. The van der Waals surface area contributed by atoms with E-state index in [1.165, 1.54) is 4.90 Å². The van der Waals surface area contributed by atoms with Crippen molar-refractivity contribution in [3.8, 4) is 0 Å². The standard InChI is InChI=1S/C34H34N6O4/c1-23(9-7-8-17-39-22-26(16-18-41)37-38-39)34(44)29-20-25(14-15-31(29)40(33(34)43)27-10-3-2-4-11-27)36-32(42)19-24-21-35-30-13-6-5-12-28(24)30/h2-7,9-15,20-23,35,41,44H,8,16-19H2,1H3,(H,36,42)/b9-7+/t23-,34+/m1/s1. The number of aliphatic hydroxyl groups excluding tert-OH is 1. The van der Waals surface area contributed by atoms with Gasteiger partial charge in [-0.3, -0.25) is 19.2 Å². The van der Waals surface area contributed by atoms with E-state index in [4.69, 9.17) is 5.11 Å². The zero-order valence-corrected chi connectivity index (χ0v) is 24.4. The summed E-state index contributed by atoms with van der Waals surface area (Å²) in [4.78, 5) is 31.9. The zero-order chi connectivity index (χ0) is 30.7. The highest BCUT2D eigenvalue weighted by Crippen LogP contribution is 2.49. The van der Waals surface area contributed by atoms with Crippen LogP contribution >= 0.6 is 0 Å². The number of aryl methyl sites for hydroxylation is 1. The molecule has 2 amide bonds. The van der Waals surface area contributed by atoms with Crippen molar-refractivity contribution >= 4 is 39.8 Å². The predicted molar refractivity (Wildman–Crippen MR) is 168 cm³/mol. The number of hydrogen-bond donors (Lipinski definition) is 4. The summed E-state index contributed by atoms with van der Waals surface area (Å²) in [5, 5.41) is 33.3. The van der Waals surface area contributed by atoms with Gasteiger partial charge in [0.2, 0.25) is 5.91 Å². The summed E-state index contributed by atoms with van der Waals surface area (Å²) in [7, 11) is 0. The Kier molecular flexibility index (Phi) is 8.10. The minimum Gasteiger partial charge on any atom is -0.396 e. The van der Waals surface area contributed by atoms with Crippen molar-refractivity contribution in [2.45, 2.75) is 38.3 Å². The van der Waals surface area contributed by atoms with E-state index in [-0.39, 0.29) is 18.9 Å². The Balaban J connectivity index is 1.24. The average molecular weight is 591 g/mol. The van der Waals surface area contributed by atoms with Crippen molar-refractivity contribution in [1.82, 2.24) is 20.0 Å². The fraction of sp³-hybridized carbons (Fsp3) is 0.235. The summed E-state index contributed by atoms with van der Waals surface area (Å²) in [6.07, 6.45) is 8.62. The number of aliphatic hydroxyl groups is 2. The number of fused-ring (bicyclic) bond motifs is 2. The third kappa shape index (κ3) is 5.52. The van der Waals surface area contributed by atoms with Gasteiger partial charge in [-0.1, -0.05) is 60.7 Å². The molecule has 10 nitrogen and oxygen atoms in total. The highest BCUT2D eigenvalue weighted by molar-refractivity contribution is 6.12. The Morgan fingerprint density at radius 2 is 1.91 bits per heavy atom. The van der Waals surface area contributed by atoms with Crippen LogP contribution in [0.5, 0.6) is 0 Å². The first-order valence-corrected chi connectivity index (χ1v) is 14.7. The van der Waals surface area contributed by atoms with E-state index < -0.39 is 17.4 Å². The Morgan fingerprint density at radius 3 is 2.73 bits per heavy atom. The average Bonchev–Trinajstić information content (AvgIpc) is 3.72.